The van der Waals surface area contributed by atoms with Gasteiger partial charge in [-0.2, -0.15) is 5.10 Å². The Balaban J connectivity index is 1.66. The van der Waals surface area contributed by atoms with Gasteiger partial charge in [-0.1, -0.05) is 24.6 Å². The molecule has 0 spiro atoms. The Morgan fingerprint density at radius 3 is 2.67 bits per heavy atom. The number of aromatic nitrogens is 2. The van der Waals surface area contributed by atoms with Gasteiger partial charge in [-0.05, 0) is 51.3 Å². The summed E-state index contributed by atoms with van der Waals surface area (Å²) < 4.78 is 1.69. The van der Waals surface area contributed by atoms with Crippen LogP contribution >= 0.6 is 11.6 Å². The van der Waals surface area contributed by atoms with Gasteiger partial charge in [-0.25, -0.2) is 0 Å². The maximum atomic E-state index is 12.9. The molecule has 6 nitrogen and oxygen atoms in total. The third-order valence-electron chi connectivity index (χ3n) is 6.01. The number of halogens is 1. The minimum Gasteiger partial charge on any atom is -0.348 e. The molecular weight excluding hydrogens is 364 g/mol. The number of carbonyl (C=O) groups excluding carboxylic acids is 1. The molecule has 1 unspecified atom stereocenters. The first-order valence-corrected chi connectivity index (χ1v) is 10.1. The van der Waals surface area contributed by atoms with Crippen LogP contribution in [0.5, 0.6) is 0 Å². The number of nitrogens with one attached hydrogen (secondary N) is 1. The molecule has 144 valence electrons. The fourth-order valence-electron chi connectivity index (χ4n) is 4.61. The summed E-state index contributed by atoms with van der Waals surface area (Å²) >= 11 is 6.31. The lowest BCUT2D eigenvalue weighted by Crippen LogP contribution is -2.49. The van der Waals surface area contributed by atoms with E-state index >= 15 is 0 Å². The van der Waals surface area contributed by atoms with Crippen molar-refractivity contribution in [3.05, 3.63) is 39.1 Å². The predicted octanol–water partition coefficient (Wildman–Crippen LogP) is 2.81. The number of rotatable bonds is 4. The lowest BCUT2D eigenvalue weighted by molar-refractivity contribution is 0.0874. The summed E-state index contributed by atoms with van der Waals surface area (Å²) in [6.45, 7) is 2.62. The fourth-order valence-corrected chi connectivity index (χ4v) is 4.88. The number of hydrogen-bond donors (Lipinski definition) is 1. The number of amides is 1. The van der Waals surface area contributed by atoms with Gasteiger partial charge >= 0.3 is 0 Å². The molecular formula is C20H25ClN4O2. The van der Waals surface area contributed by atoms with Crippen molar-refractivity contribution in [2.24, 2.45) is 0 Å². The standard InChI is InChI=1S/C20H25ClN4O2/c1-3-9-25-18-15(5-4-6-16(18)21)19(26)17(23-25)20(27)22-12-10-13-7-8-14(11-12)24(13)2/h4-6,12-14H,3,7-11H2,1-2H3,(H,22,27)/t12?,13-,14+. The first kappa shape index (κ1) is 18.4. The monoisotopic (exact) mass is 388 g/mol. The molecule has 1 amide bonds. The fraction of sp³-hybridized carbons (Fsp3) is 0.550. The summed E-state index contributed by atoms with van der Waals surface area (Å²) in [5.74, 6) is -0.374. The highest BCUT2D eigenvalue weighted by molar-refractivity contribution is 6.35. The van der Waals surface area contributed by atoms with Crippen LogP contribution in [0.3, 0.4) is 0 Å². The van der Waals surface area contributed by atoms with E-state index < -0.39 is 0 Å². The van der Waals surface area contributed by atoms with E-state index in [0.29, 0.717) is 34.6 Å². The van der Waals surface area contributed by atoms with Crippen molar-refractivity contribution in [2.75, 3.05) is 7.05 Å². The number of nitrogens with zero attached hydrogens (tertiary/aromatic N) is 3. The normalized spacial score (nSPS) is 25.1. The Labute approximate surface area is 163 Å². The molecule has 3 heterocycles. The smallest absolute Gasteiger partial charge is 0.276 e. The maximum absolute atomic E-state index is 12.9. The first-order chi connectivity index (χ1) is 13.0. The second-order valence-electron chi connectivity index (χ2n) is 7.73. The third kappa shape index (κ3) is 3.25. The van der Waals surface area contributed by atoms with Crippen molar-refractivity contribution in [2.45, 2.75) is 63.7 Å². The Kier molecular flexibility index (Phi) is 4.95. The Hall–Kier alpha value is -1.92. The highest BCUT2D eigenvalue weighted by Gasteiger charge is 2.39. The molecule has 2 aliphatic heterocycles. The molecule has 0 aliphatic carbocycles. The largest absolute Gasteiger partial charge is 0.348 e. The third-order valence-corrected chi connectivity index (χ3v) is 6.31. The van der Waals surface area contributed by atoms with Crippen LogP contribution in [0, 0.1) is 0 Å². The van der Waals surface area contributed by atoms with Gasteiger partial charge in [-0.15, -0.1) is 0 Å². The average molecular weight is 389 g/mol. The summed E-state index contributed by atoms with van der Waals surface area (Å²) in [7, 11) is 2.17. The van der Waals surface area contributed by atoms with Gasteiger partial charge in [0.1, 0.15) is 0 Å². The van der Waals surface area contributed by atoms with Crippen LogP contribution in [0.15, 0.2) is 23.0 Å². The molecule has 1 aromatic carbocycles. The van der Waals surface area contributed by atoms with Gasteiger partial charge in [0.2, 0.25) is 5.43 Å². The van der Waals surface area contributed by atoms with E-state index in [4.69, 9.17) is 11.6 Å². The van der Waals surface area contributed by atoms with E-state index in [1.54, 1.807) is 22.9 Å². The minimum absolute atomic E-state index is 0.0375. The number of para-hydroxylation sites is 1. The molecule has 1 aromatic heterocycles. The van der Waals surface area contributed by atoms with Crippen LogP contribution < -0.4 is 10.7 Å². The van der Waals surface area contributed by atoms with Crippen molar-refractivity contribution in [1.82, 2.24) is 20.0 Å². The topological polar surface area (TPSA) is 67.2 Å². The molecule has 2 aromatic rings. The summed E-state index contributed by atoms with van der Waals surface area (Å²) in [6.07, 6.45) is 5.06. The summed E-state index contributed by atoms with van der Waals surface area (Å²) in [5, 5.41) is 8.37. The number of aryl methyl sites for hydroxylation is 1. The minimum atomic E-state index is -0.374. The lowest BCUT2D eigenvalue weighted by atomic mass is 9.98. The van der Waals surface area contributed by atoms with Gasteiger partial charge in [0.25, 0.3) is 5.91 Å². The van der Waals surface area contributed by atoms with Crippen molar-refractivity contribution < 1.29 is 4.79 Å². The molecule has 2 saturated heterocycles. The molecule has 7 heteroatoms. The van der Waals surface area contributed by atoms with E-state index in [1.165, 1.54) is 12.8 Å². The highest BCUT2D eigenvalue weighted by Crippen LogP contribution is 2.34. The number of fused-ring (bicyclic) bond motifs is 3. The predicted molar refractivity (Wildman–Crippen MR) is 106 cm³/mol. The first-order valence-electron chi connectivity index (χ1n) is 9.71. The molecule has 27 heavy (non-hydrogen) atoms. The zero-order chi connectivity index (χ0) is 19.1. The van der Waals surface area contributed by atoms with E-state index in [2.05, 4.69) is 22.4 Å². The number of hydrogen-bond acceptors (Lipinski definition) is 4. The van der Waals surface area contributed by atoms with Crippen LogP contribution in [0.2, 0.25) is 5.02 Å². The SMILES string of the molecule is CCCn1nc(C(=O)NC2C[C@H]3CC[C@@H](C2)N3C)c(=O)c2cccc(Cl)c21. The molecule has 0 radical (unpaired) electrons. The van der Waals surface area contributed by atoms with Gasteiger partial charge in [0, 0.05) is 24.7 Å². The highest BCUT2D eigenvalue weighted by atomic mass is 35.5. The van der Waals surface area contributed by atoms with E-state index in [9.17, 15) is 9.59 Å². The van der Waals surface area contributed by atoms with Gasteiger partial charge < -0.3 is 10.2 Å². The second kappa shape index (κ2) is 7.24. The second-order valence-corrected chi connectivity index (χ2v) is 8.14. The number of carbonyl (C=O) groups is 1. The maximum Gasteiger partial charge on any atom is 0.276 e. The molecule has 0 saturated carbocycles. The Bertz CT molecular complexity index is 927. The molecule has 1 N–H and O–H groups in total. The van der Waals surface area contributed by atoms with E-state index in [1.807, 2.05) is 6.92 Å². The van der Waals surface area contributed by atoms with Gasteiger partial charge in [-0.3, -0.25) is 14.3 Å². The Morgan fingerprint density at radius 1 is 1.30 bits per heavy atom. The van der Waals surface area contributed by atoms with Gasteiger partial charge in [0.05, 0.1) is 15.9 Å². The molecule has 4 rings (SSSR count). The van der Waals surface area contributed by atoms with E-state index in [-0.39, 0.29) is 23.1 Å². The molecule has 2 bridgehead atoms. The van der Waals surface area contributed by atoms with Crippen molar-refractivity contribution in [3.63, 3.8) is 0 Å². The van der Waals surface area contributed by atoms with Crippen LogP contribution in [-0.4, -0.2) is 45.8 Å². The summed E-state index contributed by atoms with van der Waals surface area (Å²) in [4.78, 5) is 28.2. The van der Waals surface area contributed by atoms with Crippen LogP contribution in [0.4, 0.5) is 0 Å². The molecule has 2 aliphatic rings. The zero-order valence-electron chi connectivity index (χ0n) is 15.7. The summed E-state index contributed by atoms with van der Waals surface area (Å²) in [5.41, 5.74) is 0.206. The van der Waals surface area contributed by atoms with Crippen LogP contribution in [0.1, 0.15) is 49.5 Å². The van der Waals surface area contributed by atoms with Crippen molar-refractivity contribution in [3.8, 4) is 0 Å². The lowest BCUT2D eigenvalue weighted by Gasteiger charge is -2.36. The molecule has 2 fully saturated rings. The number of benzene rings is 1. The zero-order valence-corrected chi connectivity index (χ0v) is 16.5. The molecule has 3 atom stereocenters. The number of piperidine rings is 1. The van der Waals surface area contributed by atoms with Crippen molar-refractivity contribution in [1.29, 1.82) is 0 Å². The average Bonchev–Trinajstić information content (AvgIpc) is 2.85. The van der Waals surface area contributed by atoms with Crippen LogP contribution in [-0.2, 0) is 6.54 Å². The quantitative estimate of drug-likeness (QED) is 0.874. The van der Waals surface area contributed by atoms with Crippen molar-refractivity contribution >= 4 is 28.4 Å². The van der Waals surface area contributed by atoms with Gasteiger partial charge in [0.15, 0.2) is 5.69 Å². The Morgan fingerprint density at radius 2 is 2.00 bits per heavy atom. The summed E-state index contributed by atoms with van der Waals surface area (Å²) in [6, 6.07) is 6.33. The van der Waals surface area contributed by atoms with E-state index in [0.717, 1.165) is 19.3 Å². The van der Waals surface area contributed by atoms with Crippen LogP contribution in [0.25, 0.3) is 10.9 Å².